The number of rotatable bonds is 2. The summed E-state index contributed by atoms with van der Waals surface area (Å²) in [5, 5.41) is 0. The van der Waals surface area contributed by atoms with Crippen molar-refractivity contribution < 1.29 is 4.74 Å². The Labute approximate surface area is 88.7 Å². The van der Waals surface area contributed by atoms with Gasteiger partial charge in [-0.1, -0.05) is 6.92 Å². The molecule has 0 atom stereocenters. The Kier molecular flexibility index (Phi) is 3.16. The Morgan fingerprint density at radius 2 is 2.27 bits per heavy atom. The summed E-state index contributed by atoms with van der Waals surface area (Å²) < 4.78 is 5.29. The first kappa shape index (κ1) is 10.4. The van der Waals surface area contributed by atoms with E-state index < -0.39 is 0 Å². The maximum atomic E-state index is 11.4. The molecule has 1 fully saturated rings. The van der Waals surface area contributed by atoms with Crippen LogP contribution in [-0.4, -0.2) is 23.2 Å². The third-order valence-corrected chi connectivity index (χ3v) is 2.78. The first-order chi connectivity index (χ1) is 7.29. The number of aromatic amines is 1. The molecule has 0 bridgehead atoms. The number of nitrogens with one attached hydrogen (secondary N) is 1. The number of H-pyrrole nitrogens is 1. The van der Waals surface area contributed by atoms with E-state index in [0.29, 0.717) is 5.92 Å². The van der Waals surface area contributed by atoms with E-state index in [2.05, 4.69) is 9.97 Å². The van der Waals surface area contributed by atoms with E-state index in [9.17, 15) is 4.79 Å². The fourth-order valence-electron chi connectivity index (χ4n) is 1.87. The van der Waals surface area contributed by atoms with Crippen molar-refractivity contribution in [1.82, 2.24) is 9.97 Å². The molecule has 0 amide bonds. The molecule has 4 heteroatoms. The lowest BCUT2D eigenvalue weighted by molar-refractivity contribution is 0.0835. The van der Waals surface area contributed by atoms with Crippen molar-refractivity contribution in [1.29, 1.82) is 0 Å². The van der Waals surface area contributed by atoms with Gasteiger partial charge in [0.05, 0.1) is 0 Å². The monoisotopic (exact) mass is 208 g/mol. The van der Waals surface area contributed by atoms with Crippen LogP contribution in [0.5, 0.6) is 0 Å². The molecule has 2 rings (SSSR count). The number of aryl methyl sites for hydroxylation is 1. The van der Waals surface area contributed by atoms with Gasteiger partial charge < -0.3 is 9.72 Å². The molecule has 0 unspecified atom stereocenters. The van der Waals surface area contributed by atoms with Gasteiger partial charge in [0.1, 0.15) is 5.82 Å². The summed E-state index contributed by atoms with van der Waals surface area (Å²) in [5.41, 5.74) is 0.837. The largest absolute Gasteiger partial charge is 0.381 e. The van der Waals surface area contributed by atoms with Gasteiger partial charge in [0.2, 0.25) is 0 Å². The minimum atomic E-state index is -0.0386. The van der Waals surface area contributed by atoms with Gasteiger partial charge in [-0.3, -0.25) is 4.79 Å². The van der Waals surface area contributed by atoms with E-state index in [1.165, 1.54) is 0 Å². The van der Waals surface area contributed by atoms with Gasteiger partial charge in [-0.05, 0) is 19.3 Å². The molecular weight excluding hydrogens is 192 g/mol. The third-order valence-electron chi connectivity index (χ3n) is 2.78. The molecule has 1 aromatic heterocycles. The zero-order chi connectivity index (χ0) is 10.7. The normalized spacial score (nSPS) is 17.9. The molecule has 15 heavy (non-hydrogen) atoms. The van der Waals surface area contributed by atoms with Gasteiger partial charge in [-0.2, -0.15) is 0 Å². The van der Waals surface area contributed by atoms with Crippen LogP contribution >= 0.6 is 0 Å². The number of hydrogen-bond acceptors (Lipinski definition) is 3. The lowest BCUT2D eigenvalue weighted by Crippen LogP contribution is -2.20. The van der Waals surface area contributed by atoms with Crippen molar-refractivity contribution in [3.63, 3.8) is 0 Å². The highest BCUT2D eigenvalue weighted by atomic mass is 16.5. The number of nitrogens with zero attached hydrogens (tertiary/aromatic N) is 1. The molecule has 0 radical (unpaired) electrons. The standard InChI is InChI=1S/C11H16N2O2/c1-2-9-7-10(14)13-11(12-9)8-3-5-15-6-4-8/h7-8H,2-6H2,1H3,(H,12,13,14). The second kappa shape index (κ2) is 4.57. The predicted molar refractivity (Wildman–Crippen MR) is 57.0 cm³/mol. The molecule has 0 aromatic carbocycles. The van der Waals surface area contributed by atoms with Crippen LogP contribution in [0.1, 0.15) is 37.2 Å². The van der Waals surface area contributed by atoms with Gasteiger partial charge in [0.15, 0.2) is 0 Å². The van der Waals surface area contributed by atoms with Crippen molar-refractivity contribution in [3.8, 4) is 0 Å². The van der Waals surface area contributed by atoms with Crippen LogP contribution in [0.4, 0.5) is 0 Å². The van der Waals surface area contributed by atoms with E-state index in [4.69, 9.17) is 4.74 Å². The zero-order valence-electron chi connectivity index (χ0n) is 8.95. The molecule has 1 aromatic rings. The maximum absolute atomic E-state index is 11.4. The molecule has 0 spiro atoms. The highest BCUT2D eigenvalue weighted by Crippen LogP contribution is 2.23. The maximum Gasteiger partial charge on any atom is 0.251 e. The summed E-state index contributed by atoms with van der Waals surface area (Å²) in [6.45, 7) is 3.55. The van der Waals surface area contributed by atoms with Crippen molar-refractivity contribution in [2.45, 2.75) is 32.1 Å². The summed E-state index contributed by atoms with van der Waals surface area (Å²) in [5.74, 6) is 1.20. The molecule has 4 nitrogen and oxygen atoms in total. The molecule has 1 saturated heterocycles. The molecule has 2 heterocycles. The topological polar surface area (TPSA) is 55.0 Å². The Morgan fingerprint density at radius 3 is 2.93 bits per heavy atom. The number of aromatic nitrogens is 2. The molecule has 1 aliphatic heterocycles. The van der Waals surface area contributed by atoms with Gasteiger partial charge in [-0.15, -0.1) is 0 Å². The van der Waals surface area contributed by atoms with Crippen molar-refractivity contribution in [3.05, 3.63) is 27.9 Å². The lowest BCUT2D eigenvalue weighted by atomic mass is 9.99. The Balaban J connectivity index is 2.26. The van der Waals surface area contributed by atoms with Crippen LogP contribution in [0.2, 0.25) is 0 Å². The average molecular weight is 208 g/mol. The summed E-state index contributed by atoms with van der Waals surface area (Å²) in [6, 6.07) is 1.57. The second-order valence-corrected chi connectivity index (χ2v) is 3.86. The van der Waals surface area contributed by atoms with E-state index in [1.807, 2.05) is 6.92 Å². The minimum Gasteiger partial charge on any atom is -0.381 e. The van der Waals surface area contributed by atoms with E-state index >= 15 is 0 Å². The summed E-state index contributed by atoms with van der Waals surface area (Å²) in [6.07, 6.45) is 2.71. The fourth-order valence-corrected chi connectivity index (χ4v) is 1.87. The number of ether oxygens (including phenoxy) is 1. The quantitative estimate of drug-likeness (QED) is 0.795. The van der Waals surface area contributed by atoms with Crippen LogP contribution in [0.15, 0.2) is 10.9 Å². The first-order valence-corrected chi connectivity index (χ1v) is 5.47. The van der Waals surface area contributed by atoms with E-state index in [-0.39, 0.29) is 5.56 Å². The van der Waals surface area contributed by atoms with Crippen LogP contribution < -0.4 is 5.56 Å². The molecule has 1 aliphatic rings. The minimum absolute atomic E-state index is 0.0386. The fraction of sp³-hybridized carbons (Fsp3) is 0.636. The van der Waals surface area contributed by atoms with Crippen LogP contribution in [-0.2, 0) is 11.2 Å². The summed E-state index contributed by atoms with van der Waals surface area (Å²) >= 11 is 0. The lowest BCUT2D eigenvalue weighted by Gasteiger charge is -2.21. The predicted octanol–water partition coefficient (Wildman–Crippen LogP) is 1.23. The van der Waals surface area contributed by atoms with Gasteiger partial charge in [-0.25, -0.2) is 4.98 Å². The molecule has 82 valence electrons. The smallest absolute Gasteiger partial charge is 0.251 e. The van der Waals surface area contributed by atoms with Crippen LogP contribution in [0, 0.1) is 0 Å². The van der Waals surface area contributed by atoms with Gasteiger partial charge >= 0.3 is 0 Å². The average Bonchev–Trinajstić information content (AvgIpc) is 2.29. The Hall–Kier alpha value is -1.16. The highest BCUT2D eigenvalue weighted by molar-refractivity contribution is 5.06. The molecule has 1 N–H and O–H groups in total. The van der Waals surface area contributed by atoms with Crippen LogP contribution in [0.3, 0.4) is 0 Å². The SMILES string of the molecule is CCc1cc(=O)[nH]c(C2CCOCC2)n1. The van der Waals surface area contributed by atoms with Crippen molar-refractivity contribution in [2.75, 3.05) is 13.2 Å². The van der Waals surface area contributed by atoms with Gasteiger partial charge in [0.25, 0.3) is 5.56 Å². The first-order valence-electron chi connectivity index (χ1n) is 5.47. The van der Waals surface area contributed by atoms with Crippen LogP contribution in [0.25, 0.3) is 0 Å². The third kappa shape index (κ3) is 2.45. The van der Waals surface area contributed by atoms with Crippen molar-refractivity contribution >= 4 is 0 Å². The summed E-state index contributed by atoms with van der Waals surface area (Å²) in [4.78, 5) is 18.7. The van der Waals surface area contributed by atoms with Crippen molar-refractivity contribution in [2.24, 2.45) is 0 Å². The Bertz CT molecular complexity index is 380. The van der Waals surface area contributed by atoms with E-state index in [0.717, 1.165) is 44.0 Å². The summed E-state index contributed by atoms with van der Waals surface area (Å²) in [7, 11) is 0. The molecule has 0 saturated carbocycles. The van der Waals surface area contributed by atoms with Gasteiger partial charge in [0, 0.05) is 30.9 Å². The second-order valence-electron chi connectivity index (χ2n) is 3.86. The Morgan fingerprint density at radius 1 is 1.53 bits per heavy atom. The zero-order valence-corrected chi connectivity index (χ0v) is 8.95. The number of hydrogen-bond donors (Lipinski definition) is 1. The molecular formula is C11H16N2O2. The highest BCUT2D eigenvalue weighted by Gasteiger charge is 2.18. The molecule has 0 aliphatic carbocycles. The van der Waals surface area contributed by atoms with E-state index in [1.54, 1.807) is 6.07 Å².